The Morgan fingerprint density at radius 2 is 1.85 bits per heavy atom. The highest BCUT2D eigenvalue weighted by molar-refractivity contribution is 5.92. The quantitative estimate of drug-likeness (QED) is 0.902. The van der Waals surface area contributed by atoms with Gasteiger partial charge in [0.25, 0.3) is 0 Å². The first-order valence-electron chi connectivity index (χ1n) is 6.11. The number of carbonyl (C=O) groups is 1. The summed E-state index contributed by atoms with van der Waals surface area (Å²) in [5.74, 6) is -2.18. The lowest BCUT2D eigenvalue weighted by molar-refractivity contribution is -0.115. The number of anilines is 1. The second-order valence-electron chi connectivity index (χ2n) is 4.38. The molecule has 2 aromatic rings. The molecule has 0 heterocycles. The highest BCUT2D eigenvalue weighted by atomic mass is 19.2. The van der Waals surface area contributed by atoms with Gasteiger partial charge in [0.05, 0.1) is 6.42 Å². The summed E-state index contributed by atoms with van der Waals surface area (Å²) in [5, 5.41) is 2.69. The molecule has 0 saturated heterocycles. The number of hydrogen-bond donors (Lipinski definition) is 2. The van der Waals surface area contributed by atoms with Gasteiger partial charge in [0, 0.05) is 12.2 Å². The maximum Gasteiger partial charge on any atom is 0.228 e. The first-order chi connectivity index (χ1) is 9.58. The van der Waals surface area contributed by atoms with E-state index in [-0.39, 0.29) is 12.3 Å². The maximum atomic E-state index is 13.0. The monoisotopic (exact) mass is 276 g/mol. The molecule has 2 aromatic carbocycles. The molecule has 0 atom stereocenters. The van der Waals surface area contributed by atoms with Crippen molar-refractivity contribution in [1.82, 2.24) is 0 Å². The third-order valence-electron chi connectivity index (χ3n) is 2.80. The lowest BCUT2D eigenvalue weighted by atomic mass is 10.1. The van der Waals surface area contributed by atoms with E-state index >= 15 is 0 Å². The molecule has 0 aliphatic carbocycles. The van der Waals surface area contributed by atoms with Crippen molar-refractivity contribution < 1.29 is 13.6 Å². The van der Waals surface area contributed by atoms with E-state index in [4.69, 9.17) is 5.73 Å². The molecular weight excluding hydrogens is 262 g/mol. The predicted octanol–water partition coefficient (Wildman–Crippen LogP) is 2.60. The van der Waals surface area contributed by atoms with Gasteiger partial charge in [-0.1, -0.05) is 18.2 Å². The van der Waals surface area contributed by atoms with E-state index in [1.54, 1.807) is 18.2 Å². The average molecular weight is 276 g/mol. The maximum absolute atomic E-state index is 13.0. The van der Waals surface area contributed by atoms with Gasteiger partial charge in [0.1, 0.15) is 0 Å². The van der Waals surface area contributed by atoms with Gasteiger partial charge in [0.15, 0.2) is 11.6 Å². The van der Waals surface area contributed by atoms with Gasteiger partial charge in [-0.15, -0.1) is 0 Å². The number of nitrogens with one attached hydrogen (secondary N) is 1. The number of benzene rings is 2. The van der Waals surface area contributed by atoms with Crippen LogP contribution >= 0.6 is 0 Å². The van der Waals surface area contributed by atoms with Crippen molar-refractivity contribution in [2.45, 2.75) is 13.0 Å². The number of halogens is 2. The standard InChI is InChI=1S/C15H14F2N2O/c16-13-5-4-10(7-14(13)17)8-15(20)19-12-3-1-2-11(6-12)9-18/h1-7H,8-9,18H2,(H,19,20). The van der Waals surface area contributed by atoms with E-state index in [1.165, 1.54) is 6.07 Å². The van der Waals surface area contributed by atoms with Crippen LogP contribution in [0, 0.1) is 11.6 Å². The Balaban J connectivity index is 2.03. The minimum absolute atomic E-state index is 0.0238. The lowest BCUT2D eigenvalue weighted by Gasteiger charge is -2.07. The van der Waals surface area contributed by atoms with Crippen LogP contribution in [0.2, 0.25) is 0 Å². The van der Waals surface area contributed by atoms with E-state index in [2.05, 4.69) is 5.32 Å². The molecule has 2 rings (SSSR count). The summed E-state index contributed by atoms with van der Waals surface area (Å²) in [6, 6.07) is 10.6. The summed E-state index contributed by atoms with van der Waals surface area (Å²) in [4.78, 5) is 11.8. The van der Waals surface area contributed by atoms with Gasteiger partial charge < -0.3 is 11.1 Å². The molecule has 0 aliphatic heterocycles. The average Bonchev–Trinajstić information content (AvgIpc) is 2.43. The Morgan fingerprint density at radius 3 is 2.55 bits per heavy atom. The van der Waals surface area contributed by atoms with Crippen molar-refractivity contribution in [3.8, 4) is 0 Å². The molecule has 0 unspecified atom stereocenters. The van der Waals surface area contributed by atoms with Crippen LogP contribution in [-0.2, 0) is 17.8 Å². The lowest BCUT2D eigenvalue weighted by Crippen LogP contribution is -2.14. The molecule has 0 bridgehead atoms. The van der Waals surface area contributed by atoms with Crippen LogP contribution in [-0.4, -0.2) is 5.91 Å². The fourth-order valence-corrected chi connectivity index (χ4v) is 1.82. The van der Waals surface area contributed by atoms with Crippen molar-refractivity contribution in [1.29, 1.82) is 0 Å². The Morgan fingerprint density at radius 1 is 1.05 bits per heavy atom. The summed E-state index contributed by atoms with van der Waals surface area (Å²) in [5.41, 5.74) is 7.45. The summed E-state index contributed by atoms with van der Waals surface area (Å²) >= 11 is 0. The minimum atomic E-state index is -0.958. The molecule has 1 amide bonds. The molecule has 5 heteroatoms. The van der Waals surface area contributed by atoms with Crippen molar-refractivity contribution in [2.24, 2.45) is 5.73 Å². The zero-order valence-electron chi connectivity index (χ0n) is 10.7. The molecule has 3 N–H and O–H groups in total. The molecule has 20 heavy (non-hydrogen) atoms. The Hall–Kier alpha value is -2.27. The SMILES string of the molecule is NCc1cccc(NC(=O)Cc2ccc(F)c(F)c2)c1. The van der Waals surface area contributed by atoms with Crippen LogP contribution in [0.15, 0.2) is 42.5 Å². The first-order valence-corrected chi connectivity index (χ1v) is 6.11. The molecule has 104 valence electrons. The van der Waals surface area contributed by atoms with Crippen molar-refractivity contribution in [3.63, 3.8) is 0 Å². The highest BCUT2D eigenvalue weighted by Gasteiger charge is 2.07. The fourth-order valence-electron chi connectivity index (χ4n) is 1.82. The van der Waals surface area contributed by atoms with E-state index < -0.39 is 11.6 Å². The molecule has 0 fully saturated rings. The van der Waals surface area contributed by atoms with Crippen molar-refractivity contribution in [2.75, 3.05) is 5.32 Å². The van der Waals surface area contributed by atoms with Gasteiger partial charge >= 0.3 is 0 Å². The van der Waals surface area contributed by atoms with E-state index in [9.17, 15) is 13.6 Å². The molecule has 0 radical (unpaired) electrons. The zero-order valence-corrected chi connectivity index (χ0v) is 10.7. The van der Waals surface area contributed by atoms with Crippen LogP contribution in [0.5, 0.6) is 0 Å². The van der Waals surface area contributed by atoms with Gasteiger partial charge in [0.2, 0.25) is 5.91 Å². The molecule has 0 aliphatic rings. The second kappa shape index (κ2) is 6.25. The molecule has 3 nitrogen and oxygen atoms in total. The van der Waals surface area contributed by atoms with Crippen molar-refractivity contribution in [3.05, 3.63) is 65.2 Å². The molecule has 0 saturated carbocycles. The summed E-state index contributed by atoms with van der Waals surface area (Å²) in [6.07, 6.45) is -0.0238. The predicted molar refractivity (Wildman–Crippen MR) is 73.0 cm³/mol. The Kier molecular flexibility index (Phi) is 4.42. The summed E-state index contributed by atoms with van der Waals surface area (Å²) in [6.45, 7) is 0.382. The fraction of sp³-hybridized carbons (Fsp3) is 0.133. The van der Waals surface area contributed by atoms with Crippen LogP contribution in [0.25, 0.3) is 0 Å². The number of nitrogens with two attached hydrogens (primary N) is 1. The topological polar surface area (TPSA) is 55.1 Å². The highest BCUT2D eigenvalue weighted by Crippen LogP contribution is 2.12. The number of carbonyl (C=O) groups excluding carboxylic acids is 1. The Labute approximate surface area is 115 Å². The van der Waals surface area contributed by atoms with Crippen LogP contribution in [0.3, 0.4) is 0 Å². The minimum Gasteiger partial charge on any atom is -0.326 e. The van der Waals surface area contributed by atoms with Gasteiger partial charge in [-0.05, 0) is 35.4 Å². The normalized spacial score (nSPS) is 10.3. The number of amides is 1. The van der Waals surface area contributed by atoms with Gasteiger partial charge in [-0.2, -0.15) is 0 Å². The van der Waals surface area contributed by atoms with Crippen molar-refractivity contribution >= 4 is 11.6 Å². The molecular formula is C15H14F2N2O. The van der Waals surface area contributed by atoms with Crippen LogP contribution in [0.1, 0.15) is 11.1 Å². The summed E-state index contributed by atoms with van der Waals surface area (Å²) < 4.78 is 25.8. The zero-order chi connectivity index (χ0) is 14.5. The van der Waals surface area contributed by atoms with Gasteiger partial charge in [-0.3, -0.25) is 4.79 Å². The summed E-state index contributed by atoms with van der Waals surface area (Å²) in [7, 11) is 0. The number of hydrogen-bond acceptors (Lipinski definition) is 2. The van der Waals surface area contributed by atoms with Gasteiger partial charge in [-0.25, -0.2) is 8.78 Å². The number of rotatable bonds is 4. The van der Waals surface area contributed by atoms with Crippen LogP contribution < -0.4 is 11.1 Å². The first kappa shape index (κ1) is 14.1. The van der Waals surface area contributed by atoms with E-state index in [0.29, 0.717) is 17.8 Å². The van der Waals surface area contributed by atoms with E-state index in [0.717, 1.165) is 17.7 Å². The second-order valence-corrected chi connectivity index (χ2v) is 4.38. The smallest absolute Gasteiger partial charge is 0.228 e. The van der Waals surface area contributed by atoms with E-state index in [1.807, 2.05) is 6.07 Å². The third-order valence-corrected chi connectivity index (χ3v) is 2.80. The van der Waals surface area contributed by atoms with Crippen LogP contribution in [0.4, 0.5) is 14.5 Å². The third kappa shape index (κ3) is 3.61. The largest absolute Gasteiger partial charge is 0.326 e. The molecule has 0 aromatic heterocycles. The Bertz CT molecular complexity index is 629. The molecule has 0 spiro atoms.